The quantitative estimate of drug-likeness (QED) is 0.627. The van der Waals surface area contributed by atoms with Gasteiger partial charge >= 0.3 is 10.3 Å². The Balaban J connectivity index is 1.94. The highest BCUT2D eigenvalue weighted by Crippen LogP contribution is 2.30. The van der Waals surface area contributed by atoms with Gasteiger partial charge in [0.25, 0.3) is 0 Å². The van der Waals surface area contributed by atoms with Crippen LogP contribution in [0.2, 0.25) is 0 Å². The van der Waals surface area contributed by atoms with Gasteiger partial charge in [0.05, 0.1) is 11.6 Å². The van der Waals surface area contributed by atoms with E-state index in [9.17, 15) is 18.0 Å². The van der Waals surface area contributed by atoms with Crippen LogP contribution in [-0.4, -0.2) is 42.8 Å². The third-order valence-electron chi connectivity index (χ3n) is 5.33. The van der Waals surface area contributed by atoms with Gasteiger partial charge in [-0.1, -0.05) is 35.9 Å². The highest BCUT2D eigenvalue weighted by molar-refractivity contribution is 7.87. The van der Waals surface area contributed by atoms with E-state index in [4.69, 9.17) is 4.55 Å². The number of anilines is 1. The third-order valence-corrected chi connectivity index (χ3v) is 5.82. The zero-order valence-corrected chi connectivity index (χ0v) is 17.9. The maximum absolute atomic E-state index is 13.4. The van der Waals surface area contributed by atoms with Crippen molar-refractivity contribution < 1.29 is 22.6 Å². The second kappa shape index (κ2) is 8.45. The van der Waals surface area contributed by atoms with Crippen molar-refractivity contribution in [1.29, 1.82) is 0 Å². The Morgan fingerprint density at radius 2 is 1.90 bits per heavy atom. The first-order chi connectivity index (χ1) is 14.1. The number of hydrogen-bond donors (Lipinski definition) is 3. The van der Waals surface area contributed by atoms with Gasteiger partial charge in [-0.05, 0) is 42.7 Å². The van der Waals surface area contributed by atoms with Crippen molar-refractivity contribution in [2.75, 3.05) is 11.8 Å². The van der Waals surface area contributed by atoms with Crippen molar-refractivity contribution in [2.45, 2.75) is 38.8 Å². The number of hydrogen-bond acceptors (Lipinski definition) is 4. The molecule has 0 spiro atoms. The molecule has 0 bridgehead atoms. The summed E-state index contributed by atoms with van der Waals surface area (Å²) in [6.45, 7) is 3.92. The van der Waals surface area contributed by atoms with E-state index in [0.717, 1.165) is 16.7 Å². The van der Waals surface area contributed by atoms with E-state index in [2.05, 4.69) is 5.32 Å². The molecule has 8 nitrogen and oxygen atoms in total. The minimum absolute atomic E-state index is 0.156. The molecule has 1 heterocycles. The van der Waals surface area contributed by atoms with Crippen LogP contribution in [0, 0.1) is 6.92 Å². The van der Waals surface area contributed by atoms with Crippen LogP contribution in [0.15, 0.2) is 42.5 Å². The van der Waals surface area contributed by atoms with Crippen LogP contribution >= 0.6 is 0 Å². The molecule has 0 saturated carbocycles. The molecule has 2 atom stereocenters. The number of carbonyl (C=O) groups is 2. The Kier molecular flexibility index (Phi) is 6.14. The third kappa shape index (κ3) is 4.80. The first-order valence-corrected chi connectivity index (χ1v) is 11.0. The summed E-state index contributed by atoms with van der Waals surface area (Å²) < 4.78 is 33.3. The molecular formula is C21H25N3O5S. The van der Waals surface area contributed by atoms with Gasteiger partial charge in [-0.2, -0.15) is 8.42 Å². The first kappa shape index (κ1) is 21.8. The maximum atomic E-state index is 13.4. The SMILES string of the molecule is CNC(=O)C1Cc2ccc(NS(=O)(=O)O)cc2CN1C(=O)C(C)c1cccc(C)c1. The molecule has 0 saturated heterocycles. The number of rotatable bonds is 5. The highest BCUT2D eigenvalue weighted by atomic mass is 32.2. The van der Waals surface area contributed by atoms with Crippen molar-refractivity contribution in [3.05, 3.63) is 64.7 Å². The van der Waals surface area contributed by atoms with E-state index in [-0.39, 0.29) is 24.0 Å². The van der Waals surface area contributed by atoms with Crippen LogP contribution in [0.1, 0.15) is 35.1 Å². The Bertz CT molecular complexity index is 1080. The number of fused-ring (bicyclic) bond motifs is 1. The average Bonchev–Trinajstić information content (AvgIpc) is 2.69. The zero-order chi connectivity index (χ0) is 22.1. The second-order valence-electron chi connectivity index (χ2n) is 7.50. The molecular weight excluding hydrogens is 406 g/mol. The lowest BCUT2D eigenvalue weighted by molar-refractivity contribution is -0.142. The molecule has 0 aliphatic carbocycles. The highest BCUT2D eigenvalue weighted by Gasteiger charge is 2.36. The molecule has 9 heteroatoms. The molecule has 1 aliphatic rings. The largest absolute Gasteiger partial charge is 0.357 e. The van der Waals surface area contributed by atoms with Gasteiger partial charge in [0, 0.05) is 20.0 Å². The van der Waals surface area contributed by atoms with Crippen LogP contribution in [0.5, 0.6) is 0 Å². The lowest BCUT2D eigenvalue weighted by Crippen LogP contribution is -2.52. The molecule has 3 rings (SSSR count). The van der Waals surface area contributed by atoms with Gasteiger partial charge in [-0.25, -0.2) is 0 Å². The minimum atomic E-state index is -4.41. The van der Waals surface area contributed by atoms with Crippen molar-refractivity contribution >= 4 is 27.8 Å². The average molecular weight is 432 g/mol. The Morgan fingerprint density at radius 1 is 1.17 bits per heavy atom. The number of benzene rings is 2. The summed E-state index contributed by atoms with van der Waals surface area (Å²) in [5, 5.41) is 2.62. The Morgan fingerprint density at radius 3 is 2.53 bits per heavy atom. The van der Waals surface area contributed by atoms with Crippen LogP contribution in [0.3, 0.4) is 0 Å². The molecule has 2 aromatic rings. The van der Waals surface area contributed by atoms with Gasteiger partial charge in [0.15, 0.2) is 0 Å². The van der Waals surface area contributed by atoms with E-state index in [1.54, 1.807) is 12.1 Å². The van der Waals surface area contributed by atoms with E-state index in [1.165, 1.54) is 18.0 Å². The van der Waals surface area contributed by atoms with E-state index < -0.39 is 22.3 Å². The standard InChI is InChI=1S/C21H25N3O5S/c1-13-5-4-6-15(9-13)14(2)21(26)24-12-17-10-18(23-30(27,28)29)8-7-16(17)11-19(24)20(25)22-3/h4-10,14,19,23H,11-12H2,1-3H3,(H,22,25)(H,27,28,29). The number of amides is 2. The van der Waals surface area contributed by atoms with Crippen LogP contribution < -0.4 is 10.0 Å². The van der Waals surface area contributed by atoms with Crippen molar-refractivity contribution in [3.8, 4) is 0 Å². The molecule has 2 aromatic carbocycles. The fourth-order valence-electron chi connectivity index (χ4n) is 3.76. The predicted molar refractivity (Wildman–Crippen MR) is 113 cm³/mol. The van der Waals surface area contributed by atoms with Gasteiger partial charge in [-0.15, -0.1) is 0 Å². The van der Waals surface area contributed by atoms with Crippen LogP contribution in [0.25, 0.3) is 0 Å². The molecule has 0 radical (unpaired) electrons. The molecule has 3 N–H and O–H groups in total. The summed E-state index contributed by atoms with van der Waals surface area (Å²) in [5.74, 6) is -0.892. The molecule has 0 aromatic heterocycles. The number of nitrogens with zero attached hydrogens (tertiary/aromatic N) is 1. The Hall–Kier alpha value is -2.91. The summed E-state index contributed by atoms with van der Waals surface area (Å²) in [7, 11) is -2.88. The summed E-state index contributed by atoms with van der Waals surface area (Å²) in [5.41, 5.74) is 3.65. The molecule has 160 valence electrons. The molecule has 1 aliphatic heterocycles. The molecule has 30 heavy (non-hydrogen) atoms. The summed E-state index contributed by atoms with van der Waals surface area (Å²) >= 11 is 0. The van der Waals surface area contributed by atoms with E-state index >= 15 is 0 Å². The Labute approximate surface area is 176 Å². The van der Waals surface area contributed by atoms with Crippen molar-refractivity contribution in [2.24, 2.45) is 0 Å². The summed E-state index contributed by atoms with van der Waals surface area (Å²) in [6.07, 6.45) is 0.313. The molecule has 2 amide bonds. The van der Waals surface area contributed by atoms with Gasteiger partial charge in [0.2, 0.25) is 11.8 Å². The van der Waals surface area contributed by atoms with Gasteiger partial charge in [0.1, 0.15) is 6.04 Å². The van der Waals surface area contributed by atoms with Crippen molar-refractivity contribution in [1.82, 2.24) is 10.2 Å². The summed E-state index contributed by atoms with van der Waals surface area (Å²) in [6, 6.07) is 11.8. The summed E-state index contributed by atoms with van der Waals surface area (Å²) in [4.78, 5) is 27.4. The first-order valence-electron chi connectivity index (χ1n) is 9.54. The number of likely N-dealkylation sites (N-methyl/N-ethyl adjacent to an activating group) is 1. The molecule has 0 fully saturated rings. The lowest BCUT2D eigenvalue weighted by Gasteiger charge is -2.37. The predicted octanol–water partition coefficient (Wildman–Crippen LogP) is 2.01. The minimum Gasteiger partial charge on any atom is -0.357 e. The van der Waals surface area contributed by atoms with E-state index in [0.29, 0.717) is 12.0 Å². The van der Waals surface area contributed by atoms with Crippen LogP contribution in [-0.2, 0) is 32.9 Å². The number of nitrogens with one attached hydrogen (secondary N) is 2. The van der Waals surface area contributed by atoms with Crippen molar-refractivity contribution in [3.63, 3.8) is 0 Å². The van der Waals surface area contributed by atoms with Gasteiger partial charge < -0.3 is 10.2 Å². The monoisotopic (exact) mass is 431 g/mol. The lowest BCUT2D eigenvalue weighted by atomic mass is 9.90. The second-order valence-corrected chi connectivity index (χ2v) is 8.65. The fraction of sp³-hybridized carbons (Fsp3) is 0.333. The van der Waals surface area contributed by atoms with Crippen LogP contribution in [0.4, 0.5) is 5.69 Å². The van der Waals surface area contributed by atoms with Gasteiger partial charge in [-0.3, -0.25) is 18.9 Å². The number of carbonyl (C=O) groups excluding carboxylic acids is 2. The normalized spacial score (nSPS) is 17.1. The fourth-order valence-corrected chi connectivity index (χ4v) is 4.18. The topological polar surface area (TPSA) is 116 Å². The van der Waals surface area contributed by atoms with E-state index in [1.807, 2.05) is 42.8 Å². The number of aryl methyl sites for hydroxylation is 1. The smallest absolute Gasteiger partial charge is 0.357 e. The maximum Gasteiger partial charge on any atom is 0.357 e. The molecule has 2 unspecified atom stereocenters. The zero-order valence-electron chi connectivity index (χ0n) is 17.0.